The molecule has 1 heterocycles. The number of aliphatic hydroxyl groups is 2. The number of fused-ring (bicyclic) bond motifs is 1. The molecule has 168 valence electrons. The van der Waals surface area contributed by atoms with E-state index in [9.17, 15) is 23.4 Å². The second-order valence-electron chi connectivity index (χ2n) is 7.72. The summed E-state index contributed by atoms with van der Waals surface area (Å²) in [4.78, 5) is 0. The van der Waals surface area contributed by atoms with Crippen molar-refractivity contribution in [3.63, 3.8) is 0 Å². The first-order valence-electron chi connectivity index (χ1n) is 10.0. The Morgan fingerprint density at radius 1 is 1.00 bits per heavy atom. The maximum atomic E-state index is 13.6. The summed E-state index contributed by atoms with van der Waals surface area (Å²) in [5, 5.41) is 21.8. The molecule has 3 rings (SSSR count). The minimum absolute atomic E-state index is 0.159. The van der Waals surface area contributed by atoms with Crippen molar-refractivity contribution in [1.82, 2.24) is 0 Å². The summed E-state index contributed by atoms with van der Waals surface area (Å²) < 4.78 is 47.4. The fraction of sp³-hybridized carbons (Fsp3) is 0.391. The van der Waals surface area contributed by atoms with Gasteiger partial charge in [-0.25, -0.2) is 0 Å². The third-order valence-electron chi connectivity index (χ3n) is 5.30. The molecule has 0 saturated heterocycles. The number of alkyl halides is 3. The molecule has 4 nitrogen and oxygen atoms in total. The quantitative estimate of drug-likeness (QED) is 0.394. The van der Waals surface area contributed by atoms with Gasteiger partial charge in [-0.05, 0) is 65.8 Å². The second kappa shape index (κ2) is 9.99. The van der Waals surface area contributed by atoms with Crippen LogP contribution in [0, 0.1) is 0 Å². The predicted octanol–water partition coefficient (Wildman–Crippen LogP) is 4.55. The van der Waals surface area contributed by atoms with Crippen molar-refractivity contribution >= 4 is 21.4 Å². The lowest BCUT2D eigenvalue weighted by Gasteiger charge is -2.24. The van der Waals surface area contributed by atoms with Crippen LogP contribution in [0.15, 0.2) is 47.8 Å². The summed E-state index contributed by atoms with van der Waals surface area (Å²) >= 11 is 1.66. The molecular weight excluding hydrogens is 427 g/mol. The summed E-state index contributed by atoms with van der Waals surface area (Å²) in [6.45, 7) is -0.722. The Morgan fingerprint density at radius 3 is 2.45 bits per heavy atom. The average molecular weight is 454 g/mol. The highest BCUT2D eigenvalue weighted by molar-refractivity contribution is 7.17. The van der Waals surface area contributed by atoms with Crippen LogP contribution < -0.4 is 10.5 Å². The van der Waals surface area contributed by atoms with E-state index >= 15 is 0 Å². The second-order valence-corrected chi connectivity index (χ2v) is 8.63. The van der Waals surface area contributed by atoms with Crippen molar-refractivity contribution in [2.75, 3.05) is 19.8 Å². The Bertz CT molecular complexity index is 999. The van der Waals surface area contributed by atoms with Crippen LogP contribution in [-0.2, 0) is 19.0 Å². The summed E-state index contributed by atoms with van der Waals surface area (Å²) in [7, 11) is 0. The van der Waals surface area contributed by atoms with Crippen molar-refractivity contribution in [2.45, 2.75) is 37.4 Å². The van der Waals surface area contributed by atoms with Gasteiger partial charge in [-0.1, -0.05) is 24.3 Å². The standard InChI is InChI=1S/C23H26F3NO3S/c24-23(25,26)19-12-16(9-10-22(27,14-28)15-29)7-8-20(19)30-11-3-4-17-13-31-21-6-2-1-5-18(17)21/h1-2,5-8,12-13,28-29H,3-4,9-11,14-15,27H2. The summed E-state index contributed by atoms with van der Waals surface area (Å²) in [6, 6.07) is 12.0. The first kappa shape index (κ1) is 23.5. The molecule has 3 aromatic rings. The van der Waals surface area contributed by atoms with Crippen molar-refractivity contribution in [2.24, 2.45) is 5.73 Å². The number of aliphatic hydroxyl groups excluding tert-OH is 2. The number of ether oxygens (including phenoxy) is 1. The van der Waals surface area contributed by atoms with E-state index in [0.29, 0.717) is 12.0 Å². The smallest absolute Gasteiger partial charge is 0.419 e. The Kier molecular flexibility index (Phi) is 7.59. The minimum atomic E-state index is -4.55. The van der Waals surface area contributed by atoms with Crippen LogP contribution in [-0.4, -0.2) is 35.6 Å². The molecule has 0 bridgehead atoms. The van der Waals surface area contributed by atoms with Crippen LogP contribution in [0.2, 0.25) is 0 Å². The largest absolute Gasteiger partial charge is 0.493 e. The molecule has 0 aliphatic heterocycles. The summed E-state index contributed by atoms with van der Waals surface area (Å²) in [6.07, 6.45) is -2.87. The van der Waals surface area contributed by atoms with Gasteiger partial charge in [0.1, 0.15) is 5.75 Å². The molecule has 0 aliphatic rings. The Balaban J connectivity index is 1.63. The molecule has 1 aromatic heterocycles. The molecular formula is C23H26F3NO3S. The third kappa shape index (κ3) is 5.98. The molecule has 0 atom stereocenters. The number of benzene rings is 2. The van der Waals surface area contributed by atoms with Crippen LogP contribution in [0.4, 0.5) is 13.2 Å². The maximum absolute atomic E-state index is 13.6. The number of nitrogens with two attached hydrogens (primary N) is 1. The Labute approximate surface area is 183 Å². The SMILES string of the molecule is NC(CO)(CO)CCc1ccc(OCCCc2csc3ccccc23)c(C(F)(F)F)c1. The van der Waals surface area contributed by atoms with Crippen LogP contribution in [0.1, 0.15) is 29.5 Å². The van der Waals surface area contributed by atoms with Gasteiger partial charge in [-0.15, -0.1) is 11.3 Å². The molecule has 31 heavy (non-hydrogen) atoms. The number of hydrogen-bond acceptors (Lipinski definition) is 5. The fourth-order valence-corrected chi connectivity index (χ4v) is 4.35. The zero-order valence-electron chi connectivity index (χ0n) is 17.0. The highest BCUT2D eigenvalue weighted by atomic mass is 32.1. The summed E-state index contributed by atoms with van der Waals surface area (Å²) in [5.74, 6) is -0.199. The van der Waals surface area contributed by atoms with Gasteiger partial charge in [0.25, 0.3) is 0 Å². The number of halogens is 3. The zero-order chi connectivity index (χ0) is 22.5. The van der Waals surface area contributed by atoms with E-state index in [2.05, 4.69) is 5.38 Å². The van der Waals surface area contributed by atoms with Gasteiger partial charge in [-0.3, -0.25) is 0 Å². The third-order valence-corrected chi connectivity index (χ3v) is 6.31. The van der Waals surface area contributed by atoms with Gasteiger partial charge in [0.2, 0.25) is 0 Å². The van der Waals surface area contributed by atoms with E-state index in [4.69, 9.17) is 10.5 Å². The van der Waals surface area contributed by atoms with E-state index < -0.39 is 30.5 Å². The molecule has 0 saturated carbocycles. The average Bonchev–Trinajstić information content (AvgIpc) is 3.18. The summed E-state index contributed by atoms with van der Waals surface area (Å²) in [5.41, 5.74) is 5.35. The maximum Gasteiger partial charge on any atom is 0.419 e. The Hall–Kier alpha value is -2.13. The Morgan fingerprint density at radius 2 is 1.74 bits per heavy atom. The molecule has 4 N–H and O–H groups in total. The van der Waals surface area contributed by atoms with Crippen molar-refractivity contribution < 1.29 is 28.1 Å². The first-order valence-corrected chi connectivity index (χ1v) is 10.9. The van der Waals surface area contributed by atoms with Crippen LogP contribution >= 0.6 is 11.3 Å². The van der Waals surface area contributed by atoms with Gasteiger partial charge in [0.15, 0.2) is 0 Å². The molecule has 0 aliphatic carbocycles. The van der Waals surface area contributed by atoms with Gasteiger partial charge < -0.3 is 20.7 Å². The van der Waals surface area contributed by atoms with E-state index in [1.54, 1.807) is 17.4 Å². The highest BCUT2D eigenvalue weighted by Crippen LogP contribution is 2.37. The minimum Gasteiger partial charge on any atom is -0.493 e. The predicted molar refractivity (Wildman–Crippen MR) is 116 cm³/mol. The van der Waals surface area contributed by atoms with E-state index in [1.165, 1.54) is 21.7 Å². The van der Waals surface area contributed by atoms with Crippen molar-refractivity contribution in [1.29, 1.82) is 0 Å². The van der Waals surface area contributed by atoms with E-state index in [0.717, 1.165) is 12.5 Å². The van der Waals surface area contributed by atoms with Crippen molar-refractivity contribution in [3.05, 3.63) is 64.5 Å². The number of aryl methyl sites for hydroxylation is 2. The molecule has 0 amide bonds. The molecule has 8 heteroatoms. The van der Waals surface area contributed by atoms with Crippen LogP contribution in [0.25, 0.3) is 10.1 Å². The lowest BCUT2D eigenvalue weighted by molar-refractivity contribution is -0.139. The van der Waals surface area contributed by atoms with E-state index in [-0.39, 0.29) is 25.2 Å². The van der Waals surface area contributed by atoms with Gasteiger partial charge in [0.05, 0.1) is 30.9 Å². The van der Waals surface area contributed by atoms with Gasteiger partial charge >= 0.3 is 6.18 Å². The number of hydrogen-bond donors (Lipinski definition) is 3. The molecule has 0 unspecified atom stereocenters. The highest BCUT2D eigenvalue weighted by Gasteiger charge is 2.35. The number of rotatable bonds is 10. The molecule has 2 aromatic carbocycles. The molecule has 0 fully saturated rings. The monoisotopic (exact) mass is 453 g/mol. The van der Waals surface area contributed by atoms with Crippen LogP contribution in [0.5, 0.6) is 5.75 Å². The topological polar surface area (TPSA) is 75.7 Å². The van der Waals surface area contributed by atoms with E-state index in [1.807, 2.05) is 24.3 Å². The molecule has 0 spiro atoms. The normalized spacial score (nSPS) is 12.5. The van der Waals surface area contributed by atoms with Crippen molar-refractivity contribution in [3.8, 4) is 5.75 Å². The number of thiophene rings is 1. The van der Waals surface area contributed by atoms with Gasteiger partial charge in [-0.2, -0.15) is 13.2 Å². The zero-order valence-corrected chi connectivity index (χ0v) is 17.8. The lowest BCUT2D eigenvalue weighted by Crippen LogP contribution is -2.47. The fourth-order valence-electron chi connectivity index (χ4n) is 3.35. The lowest BCUT2D eigenvalue weighted by atomic mass is 9.93. The van der Waals surface area contributed by atoms with Gasteiger partial charge in [0, 0.05) is 4.70 Å². The van der Waals surface area contributed by atoms with Crippen LogP contribution in [0.3, 0.4) is 0 Å². The first-order chi connectivity index (χ1) is 14.8. The molecule has 0 radical (unpaired) electrons.